The highest BCUT2D eigenvalue weighted by Crippen LogP contribution is 2.76. The second-order valence-corrected chi connectivity index (χ2v) is 22.3. The van der Waals surface area contributed by atoms with Crippen LogP contribution in [0, 0.1) is 56.7 Å². The quantitative estimate of drug-likeness (QED) is 0.245. The highest BCUT2D eigenvalue weighted by Gasteiger charge is 2.70. The van der Waals surface area contributed by atoms with Crippen LogP contribution in [0.15, 0.2) is 35.5 Å². The minimum atomic E-state index is -2.87. The number of hydrogen-bond acceptors (Lipinski definition) is 5. The van der Waals surface area contributed by atoms with Crippen LogP contribution in [0.5, 0.6) is 0 Å². The van der Waals surface area contributed by atoms with Gasteiger partial charge in [-0.1, -0.05) is 58.9 Å². The van der Waals surface area contributed by atoms with Crippen LogP contribution in [-0.4, -0.2) is 74.3 Å². The van der Waals surface area contributed by atoms with Crippen molar-refractivity contribution in [2.75, 3.05) is 44.4 Å². The summed E-state index contributed by atoms with van der Waals surface area (Å²) in [6, 6.07) is 0. The van der Waals surface area contributed by atoms with Crippen molar-refractivity contribution in [3.8, 4) is 0 Å². The molecule has 0 amide bonds. The molecular weight excluding hydrogens is 660 g/mol. The number of aliphatic carboxylic acids is 1. The molecule has 6 nitrogen and oxygen atoms in total. The number of carboxylic acid groups (broad SMARTS) is 1. The van der Waals surface area contributed by atoms with Crippen LogP contribution >= 0.6 is 0 Å². The molecule has 51 heavy (non-hydrogen) atoms. The molecule has 0 aromatic heterocycles. The number of halogens is 1. The second-order valence-electron chi connectivity index (χ2n) is 20.0. The van der Waals surface area contributed by atoms with Gasteiger partial charge < -0.3 is 15.3 Å². The minimum Gasteiger partial charge on any atom is -0.481 e. The molecule has 6 aliphatic carbocycles. The zero-order valence-corrected chi connectivity index (χ0v) is 33.4. The average molecular weight is 727 g/mol. The Balaban J connectivity index is 1.13. The summed E-state index contributed by atoms with van der Waals surface area (Å²) in [6.07, 6.45) is 16.9. The van der Waals surface area contributed by atoms with Crippen LogP contribution in [-0.2, 0) is 14.6 Å². The molecule has 1 heterocycles. The Morgan fingerprint density at radius 2 is 1.67 bits per heavy atom. The van der Waals surface area contributed by atoms with Gasteiger partial charge in [0.1, 0.15) is 6.67 Å². The number of hydrogen-bond donors (Lipinski definition) is 2. The molecule has 1 aliphatic heterocycles. The van der Waals surface area contributed by atoms with E-state index < -0.39 is 27.9 Å². The van der Waals surface area contributed by atoms with E-state index in [1.54, 1.807) is 0 Å². The van der Waals surface area contributed by atoms with Gasteiger partial charge in [-0.15, -0.1) is 0 Å². The third-order valence-corrected chi connectivity index (χ3v) is 19.3. The third kappa shape index (κ3) is 5.71. The molecule has 5 fully saturated rings. The first-order chi connectivity index (χ1) is 23.9. The molecule has 2 N–H and O–H groups in total. The van der Waals surface area contributed by atoms with E-state index in [4.69, 9.17) is 0 Å². The first kappa shape index (κ1) is 37.8. The van der Waals surface area contributed by atoms with Crippen molar-refractivity contribution >= 4 is 15.8 Å². The zero-order chi connectivity index (χ0) is 36.8. The molecule has 0 aromatic rings. The van der Waals surface area contributed by atoms with Gasteiger partial charge >= 0.3 is 5.97 Å². The molecule has 7 aliphatic rings. The van der Waals surface area contributed by atoms with E-state index >= 15 is 0 Å². The summed E-state index contributed by atoms with van der Waals surface area (Å²) in [5.74, 6) is 2.58. The summed E-state index contributed by atoms with van der Waals surface area (Å²) < 4.78 is 38.0. The molecule has 1 unspecified atom stereocenters. The Morgan fingerprint density at radius 3 is 2.29 bits per heavy atom. The van der Waals surface area contributed by atoms with E-state index in [1.807, 2.05) is 0 Å². The van der Waals surface area contributed by atoms with E-state index in [0.717, 1.165) is 19.5 Å². The van der Waals surface area contributed by atoms with E-state index in [2.05, 4.69) is 70.5 Å². The molecule has 7 rings (SSSR count). The number of rotatable bonds is 8. The molecule has 8 heteroatoms. The van der Waals surface area contributed by atoms with Crippen molar-refractivity contribution in [2.24, 2.45) is 56.7 Å². The van der Waals surface area contributed by atoms with Crippen LogP contribution in [0.3, 0.4) is 0 Å². The Labute approximate surface area is 308 Å². The molecule has 0 radical (unpaired) electrons. The molecule has 0 aromatic carbocycles. The lowest BCUT2D eigenvalue weighted by Gasteiger charge is -2.72. The number of sulfone groups is 1. The van der Waals surface area contributed by atoms with Gasteiger partial charge in [-0.2, -0.15) is 0 Å². The van der Waals surface area contributed by atoms with E-state index in [0.29, 0.717) is 67.0 Å². The van der Waals surface area contributed by atoms with Crippen molar-refractivity contribution in [1.82, 2.24) is 10.2 Å². The van der Waals surface area contributed by atoms with Gasteiger partial charge in [0.2, 0.25) is 0 Å². The molecule has 1 saturated heterocycles. The van der Waals surface area contributed by atoms with Crippen LogP contribution in [0.4, 0.5) is 4.39 Å². The van der Waals surface area contributed by atoms with Gasteiger partial charge in [0.15, 0.2) is 9.84 Å². The number of fused-ring (bicyclic) bond motifs is 7. The fourth-order valence-corrected chi connectivity index (χ4v) is 15.8. The van der Waals surface area contributed by atoms with Gasteiger partial charge in [0.25, 0.3) is 0 Å². The maximum atomic E-state index is 14.0. The van der Waals surface area contributed by atoms with Crippen LogP contribution in [0.1, 0.15) is 119 Å². The van der Waals surface area contributed by atoms with Crippen LogP contribution < -0.4 is 5.32 Å². The predicted molar refractivity (Wildman–Crippen MR) is 204 cm³/mol. The van der Waals surface area contributed by atoms with Crippen molar-refractivity contribution in [2.45, 2.75) is 124 Å². The number of carbonyl (C=O) groups is 1. The lowest BCUT2D eigenvalue weighted by atomic mass is 9.33. The summed E-state index contributed by atoms with van der Waals surface area (Å²) in [4.78, 5) is 14.3. The van der Waals surface area contributed by atoms with Gasteiger partial charge in [-0.3, -0.25) is 4.79 Å². The van der Waals surface area contributed by atoms with Crippen molar-refractivity contribution in [1.29, 1.82) is 0 Å². The van der Waals surface area contributed by atoms with Gasteiger partial charge in [-0.25, -0.2) is 12.8 Å². The van der Waals surface area contributed by atoms with Gasteiger partial charge in [0.05, 0.1) is 16.9 Å². The highest BCUT2D eigenvalue weighted by molar-refractivity contribution is 7.91. The van der Waals surface area contributed by atoms with E-state index in [-0.39, 0.29) is 33.6 Å². The summed E-state index contributed by atoms with van der Waals surface area (Å²) in [6.45, 7) is 22.1. The summed E-state index contributed by atoms with van der Waals surface area (Å²) in [7, 11) is -2.87. The molecule has 4 saturated carbocycles. The molecule has 0 bridgehead atoms. The highest BCUT2D eigenvalue weighted by atomic mass is 32.2. The van der Waals surface area contributed by atoms with Crippen LogP contribution in [0.2, 0.25) is 0 Å². The van der Waals surface area contributed by atoms with Crippen molar-refractivity contribution in [3.63, 3.8) is 0 Å². The number of allylic oxidation sites excluding steroid dienone is 5. The number of nitrogens with zero attached hydrogens (tertiary/aromatic N) is 1. The van der Waals surface area contributed by atoms with E-state index in [9.17, 15) is 22.7 Å². The molecule has 10 atom stereocenters. The first-order valence-corrected chi connectivity index (χ1v) is 22.2. The van der Waals surface area contributed by atoms with Crippen molar-refractivity contribution in [3.05, 3.63) is 35.5 Å². The Kier molecular flexibility index (Phi) is 9.47. The SMILES string of the molecule is C=C(C)C1CC[C@]2(NCCN3CCS(=O)(=O)CC3)CC[C@]3(C)[C@H](CC[C@@H]4[C@@]5(C)CC=C(C6=CC[C@](CF)(C(=O)O)CC6)C(C)(C)[C@@H]5CC[C@]43C)[C@@H]12. The second kappa shape index (κ2) is 12.8. The first-order valence-electron chi connectivity index (χ1n) is 20.4. The number of carboxylic acids is 1. The topological polar surface area (TPSA) is 86.7 Å². The minimum absolute atomic E-state index is 0.0163. The predicted octanol–water partition coefficient (Wildman–Crippen LogP) is 8.40. The fourth-order valence-electron chi connectivity index (χ4n) is 14.6. The Morgan fingerprint density at radius 1 is 0.941 bits per heavy atom. The summed E-state index contributed by atoms with van der Waals surface area (Å²) in [5.41, 5.74) is 3.60. The Bertz CT molecular complexity index is 1590. The van der Waals surface area contributed by atoms with Crippen molar-refractivity contribution < 1.29 is 22.7 Å². The zero-order valence-electron chi connectivity index (χ0n) is 32.6. The number of alkyl halides is 1. The van der Waals surface area contributed by atoms with Crippen LogP contribution in [0.25, 0.3) is 0 Å². The van der Waals surface area contributed by atoms with E-state index in [1.165, 1.54) is 68.1 Å². The monoisotopic (exact) mass is 726 g/mol. The smallest absolute Gasteiger partial charge is 0.312 e. The molecular formula is C43H67FN2O4S. The Hall–Kier alpha value is -1.51. The average Bonchev–Trinajstić information content (AvgIpc) is 3.46. The summed E-state index contributed by atoms with van der Waals surface area (Å²) >= 11 is 0. The lowest BCUT2D eigenvalue weighted by Crippen LogP contribution is -2.68. The standard InChI is InChI=1S/C43H67FN2O4S/c1-29(2)31-12-19-43(45-22-23-46-24-26-51(49,50)27-25-46)21-20-40(6)33(36(31)43)8-9-35-39(5)15-13-32(38(3,4)34(39)14-16-41(35,40)7)30-10-17-42(28-44,18-11-30)37(47)48/h10,13,31,33-36,45H,1,8-9,11-12,14-28H2,2-7H3,(H,47,48)/t31?,33-,34+,35-,36-,39+,40-,41-,42+,43+/m1/s1. The lowest BCUT2D eigenvalue weighted by molar-refractivity contribution is -0.221. The maximum absolute atomic E-state index is 14.0. The molecule has 286 valence electrons. The molecule has 0 spiro atoms. The van der Waals surface area contributed by atoms with Gasteiger partial charge in [0, 0.05) is 31.7 Å². The van der Waals surface area contributed by atoms with Gasteiger partial charge in [-0.05, 0) is 146 Å². The fraction of sp³-hybridized carbons (Fsp3) is 0.837. The normalized spacial score (nSPS) is 46.1. The third-order valence-electron chi connectivity index (χ3n) is 17.7. The summed E-state index contributed by atoms with van der Waals surface area (Å²) in [5, 5.41) is 14.0. The largest absolute Gasteiger partial charge is 0.481 e. The maximum Gasteiger partial charge on any atom is 0.312 e. The number of nitrogens with one attached hydrogen (secondary N) is 1.